The maximum atomic E-state index is 12.7. The average Bonchev–Trinajstić information content (AvgIpc) is 2.89. The van der Waals surface area contributed by atoms with Crippen molar-refractivity contribution in [3.05, 3.63) is 35.4 Å². The highest BCUT2D eigenvalue weighted by Crippen LogP contribution is 2.45. The van der Waals surface area contributed by atoms with E-state index in [1.807, 2.05) is 0 Å². The highest BCUT2D eigenvalue weighted by Gasteiger charge is 2.53. The number of hydrogen-bond donors (Lipinski definition) is 1. The van der Waals surface area contributed by atoms with E-state index in [2.05, 4.69) is 12.2 Å². The first-order valence-electron chi connectivity index (χ1n) is 7.97. The second-order valence-electron chi connectivity index (χ2n) is 6.33. The van der Waals surface area contributed by atoms with Gasteiger partial charge in [0.1, 0.15) is 0 Å². The fourth-order valence-corrected chi connectivity index (χ4v) is 3.81. The third kappa shape index (κ3) is 3.22. The van der Waals surface area contributed by atoms with Crippen molar-refractivity contribution < 1.29 is 22.7 Å². The second kappa shape index (κ2) is 6.15. The number of nitrogens with one attached hydrogen (secondary N) is 1. The summed E-state index contributed by atoms with van der Waals surface area (Å²) in [6, 6.07) is 5.03. The SMILES string of the molecule is CC[C@@H]1[C@@H](NC(=O)Cc2cccc(C(F)(F)F)c2)[C@@H]2CCO[C@H]12. The van der Waals surface area contributed by atoms with Gasteiger partial charge >= 0.3 is 6.18 Å². The maximum absolute atomic E-state index is 12.7. The minimum absolute atomic E-state index is 0.0326. The number of amides is 1. The molecule has 1 heterocycles. The van der Waals surface area contributed by atoms with E-state index in [-0.39, 0.29) is 24.5 Å². The zero-order valence-corrected chi connectivity index (χ0v) is 12.9. The Morgan fingerprint density at radius 3 is 2.87 bits per heavy atom. The van der Waals surface area contributed by atoms with Crippen molar-refractivity contribution in [2.75, 3.05) is 6.61 Å². The number of hydrogen-bond acceptors (Lipinski definition) is 2. The predicted molar refractivity (Wildman–Crippen MR) is 78.7 cm³/mol. The largest absolute Gasteiger partial charge is 0.416 e. The Hall–Kier alpha value is -1.56. The summed E-state index contributed by atoms with van der Waals surface area (Å²) in [7, 11) is 0. The molecule has 23 heavy (non-hydrogen) atoms. The van der Waals surface area contributed by atoms with E-state index in [1.54, 1.807) is 6.07 Å². The first-order chi connectivity index (χ1) is 10.9. The Balaban J connectivity index is 1.62. The summed E-state index contributed by atoms with van der Waals surface area (Å²) in [6.45, 7) is 2.79. The van der Waals surface area contributed by atoms with E-state index in [9.17, 15) is 18.0 Å². The number of rotatable bonds is 4. The molecule has 1 aromatic carbocycles. The predicted octanol–water partition coefficient (Wildman–Crippen LogP) is 3.18. The molecule has 0 unspecified atom stereocenters. The van der Waals surface area contributed by atoms with Crippen LogP contribution in [0.5, 0.6) is 0 Å². The minimum Gasteiger partial charge on any atom is -0.377 e. The van der Waals surface area contributed by atoms with Gasteiger partial charge in [-0.25, -0.2) is 0 Å². The van der Waals surface area contributed by atoms with Crippen LogP contribution in [0.3, 0.4) is 0 Å². The fourth-order valence-electron chi connectivity index (χ4n) is 3.81. The van der Waals surface area contributed by atoms with Crippen LogP contribution in [0.4, 0.5) is 13.2 Å². The normalized spacial score (nSPS) is 29.7. The molecule has 0 spiro atoms. The van der Waals surface area contributed by atoms with Gasteiger partial charge < -0.3 is 10.1 Å². The molecule has 0 bridgehead atoms. The van der Waals surface area contributed by atoms with Crippen molar-refractivity contribution in [1.29, 1.82) is 0 Å². The highest BCUT2D eigenvalue weighted by atomic mass is 19.4. The van der Waals surface area contributed by atoms with Crippen molar-refractivity contribution in [3.63, 3.8) is 0 Å². The van der Waals surface area contributed by atoms with Crippen molar-refractivity contribution in [2.45, 2.75) is 44.5 Å². The quantitative estimate of drug-likeness (QED) is 0.922. The van der Waals surface area contributed by atoms with E-state index in [0.717, 1.165) is 31.6 Å². The molecule has 126 valence electrons. The van der Waals surface area contributed by atoms with Crippen LogP contribution in [0.15, 0.2) is 24.3 Å². The van der Waals surface area contributed by atoms with Gasteiger partial charge in [-0.2, -0.15) is 13.2 Å². The van der Waals surface area contributed by atoms with Crippen LogP contribution in [0.25, 0.3) is 0 Å². The Kier molecular flexibility index (Phi) is 4.36. The van der Waals surface area contributed by atoms with Gasteiger partial charge in [-0.1, -0.05) is 25.1 Å². The topological polar surface area (TPSA) is 38.3 Å². The molecule has 2 fully saturated rings. The molecule has 1 amide bonds. The van der Waals surface area contributed by atoms with E-state index in [4.69, 9.17) is 4.74 Å². The number of ether oxygens (including phenoxy) is 1. The van der Waals surface area contributed by atoms with Crippen LogP contribution in [0.2, 0.25) is 0 Å². The van der Waals surface area contributed by atoms with E-state index in [0.29, 0.717) is 17.4 Å². The van der Waals surface area contributed by atoms with E-state index >= 15 is 0 Å². The lowest BCUT2D eigenvalue weighted by Crippen LogP contribution is -2.61. The van der Waals surface area contributed by atoms with Crippen molar-refractivity contribution in [1.82, 2.24) is 5.32 Å². The molecule has 6 heteroatoms. The standard InChI is InChI=1S/C17H20F3NO2/c1-2-12-15(13-6-7-23-16(12)13)21-14(22)9-10-4-3-5-11(8-10)17(18,19)20/h3-5,8,12-13,15-16H,2,6-7,9H2,1H3,(H,21,22)/t12-,13+,15-,16-/m1/s1. The van der Waals surface area contributed by atoms with Crippen LogP contribution in [-0.4, -0.2) is 24.7 Å². The average molecular weight is 327 g/mol. The number of benzene rings is 1. The first kappa shape index (κ1) is 16.3. The minimum atomic E-state index is -4.39. The van der Waals surface area contributed by atoms with Gasteiger partial charge in [0, 0.05) is 24.5 Å². The van der Waals surface area contributed by atoms with Crippen molar-refractivity contribution in [3.8, 4) is 0 Å². The molecule has 1 N–H and O–H groups in total. The molecular formula is C17H20F3NO2. The van der Waals surface area contributed by atoms with Crippen molar-refractivity contribution >= 4 is 5.91 Å². The molecule has 1 saturated heterocycles. The van der Waals surface area contributed by atoms with Crippen LogP contribution in [0.1, 0.15) is 30.9 Å². The summed E-state index contributed by atoms with van der Waals surface area (Å²) >= 11 is 0. The number of fused-ring (bicyclic) bond motifs is 1. The lowest BCUT2D eigenvalue weighted by molar-refractivity contribution is -0.137. The Bertz CT molecular complexity index is 587. The Labute approximate surface area is 133 Å². The lowest BCUT2D eigenvalue weighted by atomic mass is 9.65. The van der Waals surface area contributed by atoms with Crippen LogP contribution < -0.4 is 5.32 Å². The fraction of sp³-hybridized carbons (Fsp3) is 0.588. The first-order valence-corrected chi connectivity index (χ1v) is 7.97. The van der Waals surface area contributed by atoms with Crippen molar-refractivity contribution in [2.24, 2.45) is 11.8 Å². The molecule has 1 aliphatic heterocycles. The summed E-state index contributed by atoms with van der Waals surface area (Å²) < 4.78 is 43.8. The molecule has 1 aromatic rings. The number of carbonyl (C=O) groups is 1. The van der Waals surface area contributed by atoms with Gasteiger partial charge in [-0.05, 0) is 24.5 Å². The molecule has 2 aliphatic rings. The zero-order chi connectivity index (χ0) is 16.6. The summed E-state index contributed by atoms with van der Waals surface area (Å²) in [6.07, 6.45) is -2.32. The molecule has 1 saturated carbocycles. The maximum Gasteiger partial charge on any atom is 0.416 e. The highest BCUT2D eigenvalue weighted by molar-refractivity contribution is 5.79. The number of carbonyl (C=O) groups excluding carboxylic acids is 1. The number of alkyl halides is 3. The Morgan fingerprint density at radius 1 is 1.39 bits per heavy atom. The summed E-state index contributed by atoms with van der Waals surface area (Å²) in [5.41, 5.74) is -0.342. The Morgan fingerprint density at radius 2 is 2.17 bits per heavy atom. The molecule has 3 nitrogen and oxygen atoms in total. The van der Waals surface area contributed by atoms with Gasteiger partial charge in [-0.15, -0.1) is 0 Å². The second-order valence-corrected chi connectivity index (χ2v) is 6.33. The van der Waals surface area contributed by atoms with E-state index in [1.165, 1.54) is 6.07 Å². The molecule has 1 aliphatic carbocycles. The van der Waals surface area contributed by atoms with Gasteiger partial charge in [0.05, 0.1) is 18.1 Å². The molecule has 3 rings (SSSR count). The van der Waals surface area contributed by atoms with Gasteiger partial charge in [0.2, 0.25) is 5.91 Å². The third-order valence-corrected chi connectivity index (χ3v) is 4.95. The molecule has 0 radical (unpaired) electrons. The van der Waals surface area contributed by atoms with Crippen LogP contribution in [0, 0.1) is 11.8 Å². The number of halogens is 3. The summed E-state index contributed by atoms with van der Waals surface area (Å²) in [4.78, 5) is 12.2. The summed E-state index contributed by atoms with van der Waals surface area (Å²) in [5, 5.41) is 3.00. The van der Waals surface area contributed by atoms with Crippen LogP contribution >= 0.6 is 0 Å². The molecule has 4 atom stereocenters. The van der Waals surface area contributed by atoms with Gasteiger partial charge in [0.15, 0.2) is 0 Å². The van der Waals surface area contributed by atoms with E-state index < -0.39 is 11.7 Å². The smallest absolute Gasteiger partial charge is 0.377 e. The summed E-state index contributed by atoms with van der Waals surface area (Å²) in [5.74, 6) is 0.441. The molecular weight excluding hydrogens is 307 g/mol. The molecule has 0 aromatic heterocycles. The van der Waals surface area contributed by atoms with Crippen LogP contribution in [-0.2, 0) is 22.1 Å². The lowest BCUT2D eigenvalue weighted by Gasteiger charge is -2.47. The third-order valence-electron chi connectivity index (χ3n) is 4.95. The monoisotopic (exact) mass is 327 g/mol. The zero-order valence-electron chi connectivity index (χ0n) is 12.9. The van der Waals surface area contributed by atoms with Gasteiger partial charge in [0.25, 0.3) is 0 Å². The van der Waals surface area contributed by atoms with Gasteiger partial charge in [-0.3, -0.25) is 4.79 Å².